The highest BCUT2D eigenvalue weighted by atomic mass is 32.1. The van der Waals surface area contributed by atoms with Crippen molar-refractivity contribution in [1.82, 2.24) is 5.32 Å². The highest BCUT2D eigenvalue weighted by Gasteiger charge is 2.23. The van der Waals surface area contributed by atoms with Crippen molar-refractivity contribution in [3.05, 3.63) is 52.0 Å². The minimum Gasteiger partial charge on any atom is -0.367 e. The zero-order valence-corrected chi connectivity index (χ0v) is 14.7. The first-order valence-electron chi connectivity index (χ1n) is 8.44. The number of hydrogen-bond donors (Lipinski definition) is 1. The first kappa shape index (κ1) is 17.0. The second-order valence-electron chi connectivity index (χ2n) is 6.39. The second-order valence-corrected chi connectivity index (χ2v) is 7.42. The molecule has 2 aromatic rings. The van der Waals surface area contributed by atoms with Crippen molar-refractivity contribution in [3.8, 4) is 0 Å². The number of carbonyl (C=O) groups excluding carboxylic acids is 1. The lowest BCUT2D eigenvalue weighted by molar-refractivity contribution is -0.121. The van der Waals surface area contributed by atoms with Crippen LogP contribution in [0.4, 0.5) is 10.1 Å². The lowest BCUT2D eigenvalue weighted by atomic mass is 10.0. The summed E-state index contributed by atoms with van der Waals surface area (Å²) < 4.78 is 14.1. The maximum absolute atomic E-state index is 14.1. The molecule has 1 N–H and O–H groups in total. The van der Waals surface area contributed by atoms with E-state index in [1.807, 2.05) is 24.4 Å². The van der Waals surface area contributed by atoms with Crippen LogP contribution in [0.2, 0.25) is 0 Å². The molecule has 1 amide bonds. The lowest BCUT2D eigenvalue weighted by Crippen LogP contribution is -2.48. The molecule has 0 saturated carbocycles. The van der Waals surface area contributed by atoms with Gasteiger partial charge < -0.3 is 10.2 Å². The predicted octanol–water partition coefficient (Wildman–Crippen LogP) is 3.91. The van der Waals surface area contributed by atoms with E-state index in [4.69, 9.17) is 0 Å². The number of nitrogens with one attached hydrogen (secondary N) is 1. The van der Waals surface area contributed by atoms with E-state index < -0.39 is 0 Å². The Bertz CT molecular complexity index is 687. The molecule has 0 aliphatic carbocycles. The molecule has 1 unspecified atom stereocenters. The van der Waals surface area contributed by atoms with Gasteiger partial charge in [-0.25, -0.2) is 4.39 Å². The quantitative estimate of drug-likeness (QED) is 0.890. The molecule has 1 fully saturated rings. The number of benzene rings is 1. The molecular formula is C19H23FN2OS. The monoisotopic (exact) mass is 346 g/mol. The number of amides is 1. The highest BCUT2D eigenvalue weighted by molar-refractivity contribution is 7.09. The molecule has 1 aliphatic rings. The van der Waals surface area contributed by atoms with Crippen LogP contribution < -0.4 is 10.2 Å². The van der Waals surface area contributed by atoms with Gasteiger partial charge in [-0.15, -0.1) is 11.3 Å². The van der Waals surface area contributed by atoms with Gasteiger partial charge in [-0.3, -0.25) is 4.79 Å². The van der Waals surface area contributed by atoms with Gasteiger partial charge in [0.15, 0.2) is 0 Å². The summed E-state index contributed by atoms with van der Waals surface area (Å²) in [5.74, 6) is -0.106. The Morgan fingerprint density at radius 1 is 1.42 bits per heavy atom. The van der Waals surface area contributed by atoms with Gasteiger partial charge in [0.05, 0.1) is 5.69 Å². The maximum atomic E-state index is 14.1. The van der Waals surface area contributed by atoms with E-state index in [9.17, 15) is 9.18 Å². The van der Waals surface area contributed by atoms with Gasteiger partial charge in [-0.1, -0.05) is 12.1 Å². The zero-order chi connectivity index (χ0) is 16.9. The van der Waals surface area contributed by atoms with Gasteiger partial charge >= 0.3 is 0 Å². The van der Waals surface area contributed by atoms with E-state index in [1.54, 1.807) is 17.4 Å². The minimum absolute atomic E-state index is 0.0833. The first-order valence-corrected chi connectivity index (χ1v) is 9.32. The Labute approximate surface area is 146 Å². The van der Waals surface area contributed by atoms with Crippen molar-refractivity contribution in [2.45, 2.75) is 38.6 Å². The Balaban J connectivity index is 1.55. The third-order valence-electron chi connectivity index (χ3n) is 4.41. The van der Waals surface area contributed by atoms with Crippen LogP contribution in [0.5, 0.6) is 0 Å². The summed E-state index contributed by atoms with van der Waals surface area (Å²) in [5, 5.41) is 5.15. The fourth-order valence-electron chi connectivity index (χ4n) is 3.17. The fourth-order valence-corrected chi connectivity index (χ4v) is 3.88. The number of rotatable bonds is 5. The Morgan fingerprint density at radius 2 is 2.29 bits per heavy atom. The number of carbonyl (C=O) groups is 1. The van der Waals surface area contributed by atoms with Crippen molar-refractivity contribution in [3.63, 3.8) is 0 Å². The minimum atomic E-state index is -0.190. The Morgan fingerprint density at radius 3 is 3.08 bits per heavy atom. The molecule has 0 bridgehead atoms. The van der Waals surface area contributed by atoms with Crippen molar-refractivity contribution < 1.29 is 9.18 Å². The number of aryl methyl sites for hydroxylation is 2. The van der Waals surface area contributed by atoms with E-state index in [-0.39, 0.29) is 17.8 Å². The lowest BCUT2D eigenvalue weighted by Gasteiger charge is -2.35. The number of thiophene rings is 1. The number of hydrogen-bond acceptors (Lipinski definition) is 3. The van der Waals surface area contributed by atoms with E-state index in [0.29, 0.717) is 18.7 Å². The number of anilines is 1. The molecule has 0 spiro atoms. The summed E-state index contributed by atoms with van der Waals surface area (Å²) in [5.41, 5.74) is 1.70. The average Bonchev–Trinajstić information content (AvgIpc) is 3.09. The molecule has 1 atom stereocenters. The zero-order valence-electron chi connectivity index (χ0n) is 13.9. The molecule has 2 heterocycles. The van der Waals surface area contributed by atoms with Crippen LogP contribution >= 0.6 is 11.3 Å². The largest absolute Gasteiger partial charge is 0.367 e. The molecule has 1 aromatic heterocycles. The number of piperidine rings is 1. The standard InChI is InChI=1S/C19H23FN2OS/c1-14-6-8-17(20)18(12-14)22-10-2-4-15(13-22)21-19(23)9-7-16-5-3-11-24-16/h3,5-6,8,11-12,15H,2,4,7,9-10,13H2,1H3,(H,21,23). The molecule has 3 nitrogen and oxygen atoms in total. The number of nitrogens with zero attached hydrogens (tertiary/aromatic N) is 1. The predicted molar refractivity (Wildman–Crippen MR) is 97.2 cm³/mol. The summed E-state index contributed by atoms with van der Waals surface area (Å²) in [6.07, 6.45) is 3.21. The normalized spacial score (nSPS) is 17.8. The third kappa shape index (κ3) is 4.35. The summed E-state index contributed by atoms with van der Waals surface area (Å²) in [4.78, 5) is 15.5. The van der Waals surface area contributed by atoms with Crippen LogP contribution in [0.1, 0.15) is 29.7 Å². The van der Waals surface area contributed by atoms with Gasteiger partial charge in [0.2, 0.25) is 5.91 Å². The second kappa shape index (κ2) is 7.79. The molecule has 0 radical (unpaired) electrons. The van der Waals surface area contributed by atoms with Gasteiger partial charge in [-0.2, -0.15) is 0 Å². The van der Waals surface area contributed by atoms with Crippen LogP contribution in [-0.2, 0) is 11.2 Å². The Hall–Kier alpha value is -1.88. The van der Waals surface area contributed by atoms with E-state index in [1.165, 1.54) is 10.9 Å². The molecule has 24 heavy (non-hydrogen) atoms. The topological polar surface area (TPSA) is 32.3 Å². The maximum Gasteiger partial charge on any atom is 0.220 e. The van der Waals surface area contributed by atoms with Crippen LogP contribution in [0.25, 0.3) is 0 Å². The van der Waals surface area contributed by atoms with Gasteiger partial charge in [-0.05, 0) is 55.3 Å². The molecule has 5 heteroatoms. The van der Waals surface area contributed by atoms with Gasteiger partial charge in [0.1, 0.15) is 5.82 Å². The van der Waals surface area contributed by atoms with Crippen molar-refractivity contribution >= 4 is 22.9 Å². The molecule has 1 saturated heterocycles. The summed E-state index contributed by atoms with van der Waals surface area (Å²) in [6, 6.07) is 9.35. The van der Waals surface area contributed by atoms with Crippen LogP contribution in [0.15, 0.2) is 35.7 Å². The van der Waals surface area contributed by atoms with E-state index >= 15 is 0 Å². The molecule has 1 aromatic carbocycles. The third-order valence-corrected chi connectivity index (χ3v) is 5.34. The molecule has 128 valence electrons. The molecular weight excluding hydrogens is 323 g/mol. The van der Waals surface area contributed by atoms with E-state index in [2.05, 4.69) is 16.3 Å². The van der Waals surface area contributed by atoms with Gasteiger partial charge in [0, 0.05) is 30.4 Å². The summed E-state index contributed by atoms with van der Waals surface area (Å²) in [6.45, 7) is 3.48. The van der Waals surface area contributed by atoms with Crippen LogP contribution in [0, 0.1) is 12.7 Å². The molecule has 3 rings (SSSR count). The summed E-state index contributed by atoms with van der Waals surface area (Å²) >= 11 is 1.68. The van der Waals surface area contributed by atoms with Crippen LogP contribution in [0.3, 0.4) is 0 Å². The van der Waals surface area contributed by atoms with E-state index in [0.717, 1.165) is 31.4 Å². The Kier molecular flexibility index (Phi) is 5.51. The van der Waals surface area contributed by atoms with Crippen molar-refractivity contribution in [2.75, 3.05) is 18.0 Å². The van der Waals surface area contributed by atoms with Gasteiger partial charge in [0.25, 0.3) is 0 Å². The molecule has 1 aliphatic heterocycles. The highest BCUT2D eigenvalue weighted by Crippen LogP contribution is 2.24. The number of halogens is 1. The van der Waals surface area contributed by atoms with Crippen LogP contribution in [-0.4, -0.2) is 25.0 Å². The first-order chi connectivity index (χ1) is 11.6. The van der Waals surface area contributed by atoms with Crippen molar-refractivity contribution in [2.24, 2.45) is 0 Å². The SMILES string of the molecule is Cc1ccc(F)c(N2CCCC(NC(=O)CCc3cccs3)C2)c1. The summed E-state index contributed by atoms with van der Waals surface area (Å²) in [7, 11) is 0. The average molecular weight is 346 g/mol. The smallest absolute Gasteiger partial charge is 0.220 e. The fraction of sp³-hybridized carbons (Fsp3) is 0.421. The van der Waals surface area contributed by atoms with Crippen molar-refractivity contribution in [1.29, 1.82) is 0 Å².